The van der Waals surface area contributed by atoms with Gasteiger partial charge in [0.2, 0.25) is 0 Å². The second-order valence-corrected chi connectivity index (χ2v) is 5.96. The summed E-state index contributed by atoms with van der Waals surface area (Å²) in [5.74, 6) is 0. The van der Waals surface area contributed by atoms with Gasteiger partial charge in [0.05, 0.1) is 6.17 Å². The van der Waals surface area contributed by atoms with E-state index in [0.29, 0.717) is 6.17 Å². The van der Waals surface area contributed by atoms with E-state index in [4.69, 9.17) is 13.3 Å². The van der Waals surface area contributed by atoms with E-state index in [1.54, 1.807) is 21.3 Å². The zero-order valence-electron chi connectivity index (χ0n) is 9.32. The molecule has 0 aliphatic rings. The third kappa shape index (κ3) is 4.07. The van der Waals surface area contributed by atoms with Crippen molar-refractivity contribution in [2.24, 2.45) is 0 Å². The normalized spacial score (nSPS) is 10.7. The molecule has 0 bridgehead atoms. The molecule has 1 aromatic carbocycles. The largest absolute Gasteiger partial charge is 0.520 e. The Morgan fingerprint density at radius 2 is 1.50 bits per heavy atom. The highest BCUT2D eigenvalue weighted by Crippen LogP contribution is 2.10. The fourth-order valence-corrected chi connectivity index (χ4v) is 2.59. The minimum atomic E-state index is -2.51. The highest BCUT2D eigenvalue weighted by molar-refractivity contribution is 6.61. The van der Waals surface area contributed by atoms with E-state index in [2.05, 4.69) is 5.32 Å². The summed E-state index contributed by atoms with van der Waals surface area (Å²) in [7, 11) is 2.30. The van der Waals surface area contributed by atoms with Crippen molar-refractivity contribution in [1.29, 1.82) is 0 Å². The first-order valence-corrected chi connectivity index (χ1v) is 6.64. The standard InChI is InChI=1S/C10H17NO3Si.H4Si/c1-12-15(13-2,14-3)9-11-10-7-5-4-6-8-10;/h4-8,11H,9H2,1-3H3;1H4. The van der Waals surface area contributed by atoms with Crippen molar-refractivity contribution >= 4 is 25.5 Å². The van der Waals surface area contributed by atoms with Crippen molar-refractivity contribution in [3.8, 4) is 0 Å². The SMILES string of the molecule is CO[Si](CNc1ccccc1)(OC)OC.[SiH4]. The molecule has 0 aliphatic carbocycles. The molecule has 6 heteroatoms. The fourth-order valence-electron chi connectivity index (χ4n) is 1.23. The van der Waals surface area contributed by atoms with Crippen LogP contribution in [0.2, 0.25) is 0 Å². The van der Waals surface area contributed by atoms with Crippen LogP contribution in [0.3, 0.4) is 0 Å². The topological polar surface area (TPSA) is 39.7 Å². The van der Waals surface area contributed by atoms with Crippen molar-refractivity contribution in [3.63, 3.8) is 0 Å². The quantitative estimate of drug-likeness (QED) is 0.734. The summed E-state index contributed by atoms with van der Waals surface area (Å²) < 4.78 is 15.9. The molecule has 0 spiro atoms. The van der Waals surface area contributed by atoms with Gasteiger partial charge in [0, 0.05) is 27.0 Å². The molecule has 0 aromatic heterocycles. The van der Waals surface area contributed by atoms with Crippen LogP contribution in [0.4, 0.5) is 5.69 Å². The minimum absolute atomic E-state index is 0. The molecule has 0 aliphatic heterocycles. The molecule has 0 heterocycles. The summed E-state index contributed by atoms with van der Waals surface area (Å²) in [5.41, 5.74) is 1.03. The van der Waals surface area contributed by atoms with Crippen LogP contribution >= 0.6 is 0 Å². The van der Waals surface area contributed by atoms with Crippen LogP contribution in [-0.4, -0.2) is 47.3 Å². The van der Waals surface area contributed by atoms with Crippen molar-refractivity contribution in [1.82, 2.24) is 0 Å². The van der Waals surface area contributed by atoms with Crippen LogP contribution in [0.15, 0.2) is 30.3 Å². The molecule has 0 radical (unpaired) electrons. The molecule has 0 fully saturated rings. The molecule has 4 nitrogen and oxygen atoms in total. The van der Waals surface area contributed by atoms with Crippen LogP contribution in [-0.2, 0) is 13.3 Å². The second-order valence-electron chi connectivity index (χ2n) is 3.01. The van der Waals surface area contributed by atoms with E-state index in [9.17, 15) is 0 Å². The van der Waals surface area contributed by atoms with Gasteiger partial charge >= 0.3 is 8.80 Å². The number of benzene rings is 1. The van der Waals surface area contributed by atoms with Crippen LogP contribution in [0.5, 0.6) is 0 Å². The van der Waals surface area contributed by atoms with Crippen LogP contribution in [0, 0.1) is 0 Å². The monoisotopic (exact) mass is 259 g/mol. The summed E-state index contributed by atoms with van der Waals surface area (Å²) >= 11 is 0. The maximum atomic E-state index is 5.29. The van der Waals surface area contributed by atoms with Crippen LogP contribution < -0.4 is 5.32 Å². The van der Waals surface area contributed by atoms with Gasteiger partial charge in [-0.2, -0.15) is 0 Å². The molecule has 92 valence electrons. The lowest BCUT2D eigenvalue weighted by atomic mass is 10.3. The number of anilines is 1. The Bertz CT molecular complexity index is 272. The molecule has 1 rings (SSSR count). The molecule has 0 unspecified atom stereocenters. The van der Waals surface area contributed by atoms with Crippen molar-refractivity contribution in [2.45, 2.75) is 0 Å². The zero-order valence-corrected chi connectivity index (χ0v) is 10.3. The number of hydrogen-bond donors (Lipinski definition) is 1. The number of para-hydroxylation sites is 1. The van der Waals surface area contributed by atoms with E-state index >= 15 is 0 Å². The van der Waals surface area contributed by atoms with Crippen LogP contribution in [0.1, 0.15) is 0 Å². The third-order valence-corrected chi connectivity index (χ3v) is 4.69. The maximum Gasteiger partial charge on any atom is 0.520 e. The second kappa shape index (κ2) is 7.58. The van der Waals surface area contributed by atoms with E-state index in [1.807, 2.05) is 30.3 Å². The number of nitrogens with one attached hydrogen (secondary N) is 1. The summed E-state index contributed by atoms with van der Waals surface area (Å²) in [6, 6.07) is 9.88. The lowest BCUT2D eigenvalue weighted by Gasteiger charge is -2.24. The first-order valence-electron chi connectivity index (χ1n) is 4.70. The molecule has 16 heavy (non-hydrogen) atoms. The van der Waals surface area contributed by atoms with E-state index in [0.717, 1.165) is 5.69 Å². The Morgan fingerprint density at radius 3 is 1.94 bits per heavy atom. The summed E-state index contributed by atoms with van der Waals surface area (Å²) in [6.07, 6.45) is 0.556. The third-order valence-electron chi connectivity index (χ3n) is 2.22. The van der Waals surface area contributed by atoms with Gasteiger partial charge in [-0.3, -0.25) is 0 Å². The Hall–Kier alpha value is -0.666. The predicted molar refractivity (Wildman–Crippen MR) is 73.0 cm³/mol. The van der Waals surface area contributed by atoms with Crippen LogP contribution in [0.25, 0.3) is 0 Å². The van der Waals surface area contributed by atoms with E-state index < -0.39 is 8.80 Å². The van der Waals surface area contributed by atoms with Gasteiger partial charge in [-0.25, -0.2) is 0 Å². The van der Waals surface area contributed by atoms with E-state index in [1.165, 1.54) is 0 Å². The molecular formula is C10H21NO3Si2. The summed E-state index contributed by atoms with van der Waals surface area (Å²) in [4.78, 5) is 0. The average Bonchev–Trinajstić information content (AvgIpc) is 2.33. The first-order chi connectivity index (χ1) is 7.26. The number of hydrogen-bond acceptors (Lipinski definition) is 4. The Kier molecular flexibility index (Phi) is 7.27. The van der Waals surface area contributed by atoms with Gasteiger partial charge in [-0.1, -0.05) is 18.2 Å². The van der Waals surface area contributed by atoms with Gasteiger partial charge in [0.25, 0.3) is 0 Å². The Morgan fingerprint density at radius 1 is 1.00 bits per heavy atom. The zero-order chi connectivity index (χ0) is 11.1. The van der Waals surface area contributed by atoms with Gasteiger partial charge in [-0.15, -0.1) is 0 Å². The first kappa shape index (κ1) is 15.3. The van der Waals surface area contributed by atoms with Gasteiger partial charge in [0.15, 0.2) is 0 Å². The highest BCUT2D eigenvalue weighted by Gasteiger charge is 2.37. The van der Waals surface area contributed by atoms with Gasteiger partial charge in [0.1, 0.15) is 0 Å². The van der Waals surface area contributed by atoms with Crippen molar-refractivity contribution < 1.29 is 13.3 Å². The summed E-state index contributed by atoms with van der Waals surface area (Å²) in [5, 5.41) is 3.23. The molecule has 0 saturated heterocycles. The smallest absolute Gasteiger partial charge is 0.381 e. The van der Waals surface area contributed by atoms with Crippen molar-refractivity contribution in [3.05, 3.63) is 30.3 Å². The number of rotatable bonds is 6. The lowest BCUT2D eigenvalue weighted by Crippen LogP contribution is -2.49. The Balaban J connectivity index is 0.00000225. The lowest BCUT2D eigenvalue weighted by molar-refractivity contribution is 0.127. The molecule has 0 amide bonds. The molecule has 0 saturated carbocycles. The molecule has 1 aromatic rings. The summed E-state index contributed by atoms with van der Waals surface area (Å²) in [6.45, 7) is 0. The minimum Gasteiger partial charge on any atom is -0.381 e. The molecular weight excluding hydrogens is 238 g/mol. The van der Waals surface area contributed by atoms with Gasteiger partial charge in [-0.05, 0) is 23.1 Å². The van der Waals surface area contributed by atoms with Crippen molar-refractivity contribution in [2.75, 3.05) is 32.8 Å². The maximum absolute atomic E-state index is 5.29. The highest BCUT2D eigenvalue weighted by atomic mass is 28.4. The van der Waals surface area contributed by atoms with E-state index in [-0.39, 0.29) is 11.0 Å². The predicted octanol–water partition coefficient (Wildman–Crippen LogP) is 0.0642. The average molecular weight is 259 g/mol. The molecule has 0 atom stereocenters. The molecule has 1 N–H and O–H groups in total. The Labute approximate surface area is 102 Å². The van der Waals surface area contributed by atoms with Gasteiger partial charge < -0.3 is 18.6 Å². The fraction of sp³-hybridized carbons (Fsp3) is 0.400.